The molecule has 4 aromatic rings. The second kappa shape index (κ2) is 6.70. The number of imidazole rings is 1. The van der Waals surface area contributed by atoms with E-state index in [1.54, 1.807) is 0 Å². The van der Waals surface area contributed by atoms with E-state index in [1.807, 2.05) is 54.9 Å². The first-order valence-corrected chi connectivity index (χ1v) is 9.82. The van der Waals surface area contributed by atoms with Crippen LogP contribution in [0, 0.1) is 13.8 Å². The average molecular weight is 389 g/mol. The maximum absolute atomic E-state index is 12.7. The van der Waals surface area contributed by atoms with Gasteiger partial charge in [-0.3, -0.25) is 4.98 Å². The lowest BCUT2D eigenvalue weighted by molar-refractivity contribution is 0.414. The SMILES string of the molecule is Cc1cn2cc(-c3cc4ccc(NC5CCN(C)C5)cc4oc3=O)nc2c(C)n1. The van der Waals surface area contributed by atoms with Crippen LogP contribution in [0.25, 0.3) is 27.9 Å². The highest BCUT2D eigenvalue weighted by Gasteiger charge is 2.19. The Balaban J connectivity index is 1.52. The predicted molar refractivity (Wildman–Crippen MR) is 113 cm³/mol. The normalized spacial score (nSPS) is 17.4. The van der Waals surface area contributed by atoms with Gasteiger partial charge in [0.05, 0.1) is 22.6 Å². The lowest BCUT2D eigenvalue weighted by Crippen LogP contribution is -2.23. The Bertz CT molecular complexity index is 1290. The molecule has 0 saturated carbocycles. The van der Waals surface area contributed by atoms with Crippen molar-refractivity contribution < 1.29 is 4.42 Å². The van der Waals surface area contributed by atoms with Gasteiger partial charge in [0.2, 0.25) is 0 Å². The predicted octanol–water partition coefficient (Wildman–Crippen LogP) is 3.24. The van der Waals surface area contributed by atoms with Crippen molar-refractivity contribution in [1.82, 2.24) is 19.3 Å². The largest absolute Gasteiger partial charge is 0.422 e. The molecule has 0 radical (unpaired) electrons. The number of rotatable bonds is 3. The molecule has 0 amide bonds. The topological polar surface area (TPSA) is 75.7 Å². The summed E-state index contributed by atoms with van der Waals surface area (Å²) in [7, 11) is 2.13. The summed E-state index contributed by atoms with van der Waals surface area (Å²) < 4.78 is 7.56. The number of hydrogen-bond donors (Lipinski definition) is 1. The molecule has 1 unspecified atom stereocenters. The Labute approximate surface area is 168 Å². The van der Waals surface area contributed by atoms with E-state index in [0.717, 1.165) is 47.6 Å². The van der Waals surface area contributed by atoms with Gasteiger partial charge in [-0.25, -0.2) is 9.78 Å². The molecular formula is C22H23N5O2. The van der Waals surface area contributed by atoms with Gasteiger partial charge in [0.15, 0.2) is 5.65 Å². The Hall–Kier alpha value is -3.19. The number of benzene rings is 1. The monoisotopic (exact) mass is 389 g/mol. The van der Waals surface area contributed by atoms with Crippen LogP contribution in [0.1, 0.15) is 17.8 Å². The fourth-order valence-electron chi connectivity index (χ4n) is 4.10. The molecule has 1 aliphatic rings. The number of anilines is 1. The van der Waals surface area contributed by atoms with Crippen LogP contribution < -0.4 is 10.9 Å². The highest BCUT2D eigenvalue weighted by Crippen LogP contribution is 2.25. The van der Waals surface area contributed by atoms with Crippen molar-refractivity contribution in [1.29, 1.82) is 0 Å². The van der Waals surface area contributed by atoms with E-state index in [2.05, 4.69) is 27.2 Å². The minimum Gasteiger partial charge on any atom is -0.422 e. The van der Waals surface area contributed by atoms with Crippen LogP contribution in [0.2, 0.25) is 0 Å². The molecule has 0 bridgehead atoms. The highest BCUT2D eigenvalue weighted by molar-refractivity contribution is 5.84. The third kappa shape index (κ3) is 3.27. The van der Waals surface area contributed by atoms with Crippen molar-refractivity contribution >= 4 is 22.3 Å². The highest BCUT2D eigenvalue weighted by atomic mass is 16.4. The number of nitrogens with zero attached hydrogens (tertiary/aromatic N) is 4. The van der Waals surface area contributed by atoms with E-state index < -0.39 is 0 Å². The van der Waals surface area contributed by atoms with Crippen molar-refractivity contribution in [3.63, 3.8) is 0 Å². The van der Waals surface area contributed by atoms with Gasteiger partial charge < -0.3 is 19.0 Å². The van der Waals surface area contributed by atoms with Crippen molar-refractivity contribution in [2.45, 2.75) is 26.3 Å². The molecule has 0 spiro atoms. The zero-order valence-corrected chi connectivity index (χ0v) is 16.8. The maximum atomic E-state index is 12.7. The van der Waals surface area contributed by atoms with E-state index in [1.165, 1.54) is 0 Å². The van der Waals surface area contributed by atoms with Crippen molar-refractivity contribution in [2.75, 3.05) is 25.5 Å². The number of likely N-dealkylation sites (tertiary alicyclic amines) is 1. The van der Waals surface area contributed by atoms with E-state index in [4.69, 9.17) is 4.42 Å². The summed E-state index contributed by atoms with van der Waals surface area (Å²) in [5.41, 5.74) is 4.68. The Morgan fingerprint density at radius 1 is 1.17 bits per heavy atom. The molecule has 0 aliphatic carbocycles. The molecular weight excluding hydrogens is 366 g/mol. The van der Waals surface area contributed by atoms with Gasteiger partial charge in [0, 0.05) is 42.1 Å². The molecule has 7 nitrogen and oxygen atoms in total. The van der Waals surface area contributed by atoms with Crippen LogP contribution in [-0.2, 0) is 0 Å². The molecule has 1 atom stereocenters. The molecule has 1 aliphatic heterocycles. The van der Waals surface area contributed by atoms with Crippen LogP contribution in [0.5, 0.6) is 0 Å². The van der Waals surface area contributed by atoms with Gasteiger partial charge in [-0.1, -0.05) is 0 Å². The van der Waals surface area contributed by atoms with Crippen molar-refractivity contribution in [2.24, 2.45) is 0 Å². The summed E-state index contributed by atoms with van der Waals surface area (Å²) in [6, 6.07) is 8.19. The first-order valence-electron chi connectivity index (χ1n) is 9.82. The third-order valence-corrected chi connectivity index (χ3v) is 5.50. The molecule has 1 N–H and O–H groups in total. The second-order valence-corrected chi connectivity index (χ2v) is 7.92. The summed E-state index contributed by atoms with van der Waals surface area (Å²) in [5, 5.41) is 4.40. The van der Waals surface area contributed by atoms with Crippen molar-refractivity contribution in [3.05, 3.63) is 58.5 Å². The van der Waals surface area contributed by atoms with Gasteiger partial charge in [-0.15, -0.1) is 0 Å². The summed E-state index contributed by atoms with van der Waals surface area (Å²) in [5.74, 6) is 0. The number of likely N-dealkylation sites (N-methyl/N-ethyl adjacent to an activating group) is 1. The van der Waals surface area contributed by atoms with Crippen LogP contribution in [0.4, 0.5) is 5.69 Å². The van der Waals surface area contributed by atoms with Crippen molar-refractivity contribution in [3.8, 4) is 11.3 Å². The number of aryl methyl sites for hydroxylation is 2. The zero-order chi connectivity index (χ0) is 20.1. The van der Waals surface area contributed by atoms with Gasteiger partial charge in [-0.05, 0) is 52.1 Å². The molecule has 148 valence electrons. The molecule has 1 fully saturated rings. The number of fused-ring (bicyclic) bond motifs is 2. The van der Waals surface area contributed by atoms with E-state index in [0.29, 0.717) is 22.9 Å². The van der Waals surface area contributed by atoms with Crippen LogP contribution >= 0.6 is 0 Å². The molecule has 1 saturated heterocycles. The van der Waals surface area contributed by atoms with Gasteiger partial charge in [-0.2, -0.15) is 0 Å². The zero-order valence-electron chi connectivity index (χ0n) is 16.8. The van der Waals surface area contributed by atoms with Crippen LogP contribution in [0.15, 0.2) is 45.9 Å². The minimum atomic E-state index is -0.388. The summed E-state index contributed by atoms with van der Waals surface area (Å²) in [6.45, 7) is 5.96. The first kappa shape index (κ1) is 17.9. The average Bonchev–Trinajstić information content (AvgIpc) is 3.27. The van der Waals surface area contributed by atoms with Gasteiger partial charge >= 0.3 is 5.63 Å². The summed E-state index contributed by atoms with van der Waals surface area (Å²) >= 11 is 0. The fourth-order valence-corrected chi connectivity index (χ4v) is 4.10. The number of aromatic nitrogens is 3. The number of hydrogen-bond acceptors (Lipinski definition) is 6. The third-order valence-electron chi connectivity index (χ3n) is 5.50. The molecule has 29 heavy (non-hydrogen) atoms. The van der Waals surface area contributed by atoms with Gasteiger partial charge in [0.25, 0.3) is 0 Å². The lowest BCUT2D eigenvalue weighted by atomic mass is 10.1. The Morgan fingerprint density at radius 2 is 2.03 bits per heavy atom. The molecule has 1 aromatic carbocycles. The van der Waals surface area contributed by atoms with Gasteiger partial charge in [0.1, 0.15) is 5.58 Å². The molecule has 5 rings (SSSR count). The second-order valence-electron chi connectivity index (χ2n) is 7.92. The Morgan fingerprint density at radius 3 is 2.83 bits per heavy atom. The van der Waals surface area contributed by atoms with E-state index in [9.17, 15) is 4.79 Å². The quantitative estimate of drug-likeness (QED) is 0.542. The standard InChI is InChI=1S/C22H23N5O2/c1-13-10-27-12-19(25-21(27)14(2)23-13)18-8-15-4-5-16(9-20(15)29-22(18)28)24-17-6-7-26(3)11-17/h4-5,8-10,12,17,24H,6-7,11H2,1-3H3. The molecule has 3 aromatic heterocycles. The summed E-state index contributed by atoms with van der Waals surface area (Å²) in [4.78, 5) is 24.1. The van der Waals surface area contributed by atoms with Crippen LogP contribution in [-0.4, -0.2) is 45.4 Å². The maximum Gasteiger partial charge on any atom is 0.345 e. The first-order chi connectivity index (χ1) is 14.0. The lowest BCUT2D eigenvalue weighted by Gasteiger charge is -2.14. The molecule has 7 heteroatoms. The summed E-state index contributed by atoms with van der Waals surface area (Å²) in [6.07, 6.45) is 4.86. The van der Waals surface area contributed by atoms with E-state index in [-0.39, 0.29) is 5.63 Å². The Kier molecular flexibility index (Phi) is 4.13. The number of nitrogens with one attached hydrogen (secondary N) is 1. The fraction of sp³-hybridized carbons (Fsp3) is 0.318. The van der Waals surface area contributed by atoms with Crippen LogP contribution in [0.3, 0.4) is 0 Å². The van der Waals surface area contributed by atoms with E-state index >= 15 is 0 Å². The minimum absolute atomic E-state index is 0.388. The molecule has 4 heterocycles. The smallest absolute Gasteiger partial charge is 0.345 e.